The number of aromatic nitrogens is 5. The molecule has 378 valence electrons. The van der Waals surface area contributed by atoms with Gasteiger partial charge in [0.1, 0.15) is 24.2 Å². The van der Waals surface area contributed by atoms with Crippen LogP contribution in [0, 0.1) is 12.3 Å². The van der Waals surface area contributed by atoms with Crippen LogP contribution >= 0.6 is 11.3 Å². The number of nitrogens with one attached hydrogen (secondary N) is 4. The van der Waals surface area contributed by atoms with Gasteiger partial charge in [0, 0.05) is 49.8 Å². The zero-order valence-electron chi connectivity index (χ0n) is 40.4. The number of fused-ring (bicyclic) bond motifs is 1. The third kappa shape index (κ3) is 14.7. The number of hydrogen-bond acceptors (Lipinski definition) is 16. The zero-order chi connectivity index (χ0) is 50.2. The van der Waals surface area contributed by atoms with E-state index in [4.69, 9.17) is 23.4 Å². The van der Waals surface area contributed by atoms with Crippen molar-refractivity contribution in [3.8, 4) is 21.6 Å². The highest BCUT2D eigenvalue weighted by atomic mass is 32.1. The van der Waals surface area contributed by atoms with E-state index in [0.717, 1.165) is 38.6 Å². The van der Waals surface area contributed by atoms with Crippen LogP contribution in [-0.2, 0) is 46.4 Å². The lowest BCUT2D eigenvalue weighted by Crippen LogP contribution is -2.57. The summed E-state index contributed by atoms with van der Waals surface area (Å²) in [7, 11) is 0. The van der Waals surface area contributed by atoms with Crippen LogP contribution in [0.5, 0.6) is 0 Å². The highest BCUT2D eigenvalue weighted by Crippen LogP contribution is 2.29. The van der Waals surface area contributed by atoms with Crippen molar-refractivity contribution in [2.45, 2.75) is 71.8 Å². The summed E-state index contributed by atoms with van der Waals surface area (Å²) in [4.78, 5) is 64.4. The zero-order valence-corrected chi connectivity index (χ0v) is 41.2. The molecule has 1 saturated heterocycles. The van der Waals surface area contributed by atoms with Crippen molar-refractivity contribution >= 4 is 46.6 Å². The average molecular weight is 995 g/mol. The van der Waals surface area contributed by atoms with Crippen LogP contribution in [-0.4, -0.2) is 142 Å². The predicted octanol–water partition coefficient (Wildman–Crippen LogP) is 4.42. The van der Waals surface area contributed by atoms with Gasteiger partial charge < -0.3 is 54.6 Å². The molecule has 1 aliphatic heterocycles. The number of β-amino-alcohol motifs (C(OH)–C–C–N with tert-alkyl or cyclic N) is 1. The van der Waals surface area contributed by atoms with Gasteiger partial charge >= 0.3 is 0 Å². The van der Waals surface area contributed by atoms with E-state index in [-0.39, 0.29) is 56.9 Å². The third-order valence-corrected chi connectivity index (χ3v) is 12.6. The Kier molecular flexibility index (Phi) is 18.7. The number of aliphatic hydroxyl groups excluding tert-OH is 1. The minimum atomic E-state index is -0.936. The Labute approximate surface area is 415 Å². The van der Waals surface area contributed by atoms with Crippen LogP contribution in [0.25, 0.3) is 27.2 Å². The molecule has 4 amide bonds. The summed E-state index contributed by atoms with van der Waals surface area (Å²) in [5.41, 5.74) is 6.76. The monoisotopic (exact) mass is 994 g/mol. The van der Waals surface area contributed by atoms with E-state index >= 15 is 0 Å². The molecule has 3 atom stereocenters. The largest absolute Gasteiger partial charge is 0.467 e. The summed E-state index contributed by atoms with van der Waals surface area (Å²) >= 11 is 1.57. The molecule has 1 fully saturated rings. The number of hydrogen-bond donors (Lipinski definition) is 5. The lowest BCUT2D eigenvalue weighted by atomic mass is 9.85. The molecule has 4 aromatic heterocycles. The van der Waals surface area contributed by atoms with E-state index in [9.17, 15) is 24.3 Å². The molecular weight excluding hydrogens is 933 g/mol. The van der Waals surface area contributed by atoms with Crippen LogP contribution in [0.4, 0.5) is 5.95 Å². The number of amides is 4. The molecule has 2 aromatic carbocycles. The molecule has 5 heterocycles. The Morgan fingerprint density at radius 3 is 2.21 bits per heavy atom. The number of benzene rings is 2. The Hall–Kier alpha value is -6.62. The van der Waals surface area contributed by atoms with Crippen molar-refractivity contribution in [1.29, 1.82) is 0 Å². The lowest BCUT2D eigenvalue weighted by molar-refractivity contribution is -0.144. The minimum Gasteiger partial charge on any atom is -0.467 e. The predicted molar refractivity (Wildman–Crippen MR) is 264 cm³/mol. The Morgan fingerprint density at radius 2 is 1.55 bits per heavy atom. The molecule has 0 spiro atoms. The first-order chi connectivity index (χ1) is 34.4. The minimum absolute atomic E-state index is 0.0107. The Balaban J connectivity index is 0.708. The molecule has 5 N–H and O–H groups in total. The topological polar surface area (TPSA) is 246 Å². The molecule has 0 bridgehead atoms. The smallest absolute Gasteiger partial charge is 0.251 e. The van der Waals surface area contributed by atoms with Crippen molar-refractivity contribution in [1.82, 2.24) is 45.4 Å². The second kappa shape index (κ2) is 25.5. The second-order valence-electron chi connectivity index (χ2n) is 17.9. The number of carbonyl (C=O) groups is 4. The highest BCUT2D eigenvalue weighted by molar-refractivity contribution is 7.13. The summed E-state index contributed by atoms with van der Waals surface area (Å²) in [5.74, 6) is -0.0474. The van der Waals surface area contributed by atoms with E-state index in [1.165, 1.54) is 4.90 Å². The normalized spacial score (nSPS) is 15.2. The van der Waals surface area contributed by atoms with Crippen molar-refractivity contribution in [2.75, 3.05) is 71.3 Å². The van der Waals surface area contributed by atoms with Crippen LogP contribution in [0.3, 0.4) is 0 Å². The summed E-state index contributed by atoms with van der Waals surface area (Å²) in [6.07, 6.45) is 4.17. The molecule has 1 aliphatic rings. The number of carbonyl (C=O) groups excluding carboxylic acids is 4. The molecule has 0 saturated carbocycles. The van der Waals surface area contributed by atoms with Gasteiger partial charge in [-0.3, -0.25) is 23.6 Å². The fraction of sp³-hybridized carbons (Fsp3) is 0.440. The van der Waals surface area contributed by atoms with Gasteiger partial charge in [-0.25, -0.2) is 9.97 Å². The van der Waals surface area contributed by atoms with Crippen LogP contribution < -0.4 is 21.3 Å². The van der Waals surface area contributed by atoms with Crippen LogP contribution in [0.1, 0.15) is 61.0 Å². The van der Waals surface area contributed by atoms with Gasteiger partial charge in [0.15, 0.2) is 5.65 Å². The fourth-order valence-corrected chi connectivity index (χ4v) is 8.62. The number of thiazole rings is 1. The fourth-order valence-electron chi connectivity index (χ4n) is 7.81. The summed E-state index contributed by atoms with van der Waals surface area (Å²) in [6, 6.07) is 16.9. The second-order valence-corrected chi connectivity index (χ2v) is 18.8. The molecule has 0 aliphatic carbocycles. The molecule has 0 radical (unpaired) electrons. The van der Waals surface area contributed by atoms with E-state index in [1.54, 1.807) is 46.7 Å². The van der Waals surface area contributed by atoms with Crippen LogP contribution in [0.15, 0.2) is 89.4 Å². The molecule has 3 unspecified atom stereocenters. The van der Waals surface area contributed by atoms with E-state index < -0.39 is 29.5 Å². The maximum atomic E-state index is 13.9. The maximum absolute atomic E-state index is 13.9. The molecule has 71 heavy (non-hydrogen) atoms. The number of furan rings is 1. The Bertz CT molecular complexity index is 2650. The van der Waals surface area contributed by atoms with Crippen molar-refractivity contribution in [2.24, 2.45) is 5.41 Å². The van der Waals surface area contributed by atoms with Crippen LogP contribution in [0.2, 0.25) is 0 Å². The third-order valence-electron chi connectivity index (χ3n) is 11.6. The first kappa shape index (κ1) is 52.2. The number of aryl methyl sites for hydroxylation is 1. The van der Waals surface area contributed by atoms with Crippen molar-refractivity contribution in [3.05, 3.63) is 108 Å². The van der Waals surface area contributed by atoms with Gasteiger partial charge in [0.2, 0.25) is 23.7 Å². The van der Waals surface area contributed by atoms with Gasteiger partial charge in [0.25, 0.3) is 5.91 Å². The number of rotatable bonds is 26. The number of likely N-dealkylation sites (tertiary alicyclic amines) is 1. The van der Waals surface area contributed by atoms with E-state index in [0.29, 0.717) is 69.9 Å². The SMILES string of the molecule is Cc1ncsc1-c1ccc(CNC(=O)C2CC(O)CN2C(=O)C(NC(=O)CCOCCOCCOCCOCCNC(=O)c2ccc(-c3cnc(NCc4ccco4)n4cnnc34)cc2)C(C)(C)C)cc1. The first-order valence-corrected chi connectivity index (χ1v) is 24.4. The first-order valence-electron chi connectivity index (χ1n) is 23.6. The molecular formula is C50H62N10O10S. The van der Waals surface area contributed by atoms with Gasteiger partial charge in [-0.2, -0.15) is 0 Å². The quantitative estimate of drug-likeness (QED) is 0.0472. The average Bonchev–Trinajstić information content (AvgIpc) is 4.22. The van der Waals surface area contributed by atoms with Crippen molar-refractivity contribution < 1.29 is 47.6 Å². The van der Waals surface area contributed by atoms with E-state index in [1.807, 2.05) is 81.7 Å². The van der Waals surface area contributed by atoms with Gasteiger partial charge in [-0.05, 0) is 53.3 Å². The van der Waals surface area contributed by atoms with Gasteiger partial charge in [-0.15, -0.1) is 21.5 Å². The van der Waals surface area contributed by atoms with Gasteiger partial charge in [0.05, 0.1) is 87.8 Å². The van der Waals surface area contributed by atoms with E-state index in [2.05, 4.69) is 41.4 Å². The lowest BCUT2D eigenvalue weighted by Gasteiger charge is -2.35. The standard InChI is InChI=1S/C50H62N10O10S/c1-33-43(71-32-55-33)36-9-7-34(8-10-36)27-52-47(64)41-26-38(61)30-59(41)48(65)44(50(2,3)4)57-42(62)15-18-66-20-22-68-24-25-69-23-21-67-19-16-51-46(63)37-13-11-35(12-14-37)40-29-54-49(60-31-56-58-45(40)60)53-28-39-6-5-17-70-39/h5-14,17,29,31-32,38,41,44,61H,15-16,18-28,30H2,1-4H3,(H,51,63)(H,52,64)(H,53,54)(H,57,62). The Morgan fingerprint density at radius 1 is 0.859 bits per heavy atom. The molecule has 20 nitrogen and oxygen atoms in total. The van der Waals surface area contributed by atoms with Crippen molar-refractivity contribution in [3.63, 3.8) is 0 Å². The number of ether oxygens (including phenoxy) is 4. The number of aliphatic hydroxyl groups is 1. The summed E-state index contributed by atoms with van der Waals surface area (Å²) < 4.78 is 29.5. The molecule has 21 heteroatoms. The number of anilines is 1. The summed E-state index contributed by atoms with van der Waals surface area (Å²) in [6.45, 7) is 10.9. The maximum Gasteiger partial charge on any atom is 0.251 e. The number of nitrogens with zero attached hydrogens (tertiary/aromatic N) is 6. The summed E-state index contributed by atoms with van der Waals surface area (Å²) in [5, 5.41) is 30.7. The van der Waals surface area contributed by atoms with Gasteiger partial charge in [-0.1, -0.05) is 57.2 Å². The molecule has 6 aromatic rings. The highest BCUT2D eigenvalue weighted by Gasteiger charge is 2.44. The molecule has 7 rings (SSSR count).